The van der Waals surface area contributed by atoms with Gasteiger partial charge in [-0.15, -0.1) is 0 Å². The molecule has 0 saturated heterocycles. The van der Waals surface area contributed by atoms with Crippen molar-refractivity contribution in [3.8, 4) is 0 Å². The lowest BCUT2D eigenvalue weighted by Gasteiger charge is -2.14. The van der Waals surface area contributed by atoms with Crippen LogP contribution in [-0.4, -0.2) is 34.3 Å². The van der Waals surface area contributed by atoms with Crippen LogP contribution < -0.4 is 5.32 Å². The van der Waals surface area contributed by atoms with E-state index in [2.05, 4.69) is 15.3 Å². The Bertz CT molecular complexity index is 904. The molecule has 0 radical (unpaired) electrons. The number of aliphatic hydroxyl groups excluding tert-OH is 1. The van der Waals surface area contributed by atoms with Crippen molar-refractivity contribution < 1.29 is 23.0 Å². The number of para-hydroxylation sites is 1. The lowest BCUT2D eigenvalue weighted by Crippen LogP contribution is -2.20. The molecule has 0 aliphatic rings. The number of rotatable bonds is 8. The molecule has 2 N–H and O–H groups in total. The van der Waals surface area contributed by atoms with Crippen molar-refractivity contribution in [3.63, 3.8) is 0 Å². The van der Waals surface area contributed by atoms with Crippen molar-refractivity contribution in [2.24, 2.45) is 0 Å². The summed E-state index contributed by atoms with van der Waals surface area (Å²) in [5.41, 5.74) is 1.21. The Kier molecular flexibility index (Phi) is 6.43. The number of aliphatic hydroxyl groups is 1. The molecule has 0 unspecified atom stereocenters. The van der Waals surface area contributed by atoms with Crippen molar-refractivity contribution in [1.82, 2.24) is 9.97 Å². The van der Waals surface area contributed by atoms with E-state index >= 15 is 0 Å². The number of nitrogens with zero attached hydrogens (tertiary/aromatic N) is 2. The predicted molar refractivity (Wildman–Crippen MR) is 99.8 cm³/mol. The summed E-state index contributed by atoms with van der Waals surface area (Å²) < 4.78 is 44.5. The monoisotopic (exact) mass is 391 g/mol. The number of hydrogen-bond donors (Lipinski definition) is 2. The zero-order chi connectivity index (χ0) is 20.0. The molecule has 1 heterocycles. The van der Waals surface area contributed by atoms with Crippen molar-refractivity contribution in [2.75, 3.05) is 18.5 Å². The Morgan fingerprint density at radius 2 is 1.71 bits per heavy atom. The number of benzene rings is 2. The Balaban J connectivity index is 1.56. The van der Waals surface area contributed by atoms with Gasteiger partial charge in [0, 0.05) is 11.9 Å². The number of halogens is 3. The molecule has 0 spiro atoms. The van der Waals surface area contributed by atoms with E-state index in [-0.39, 0.29) is 24.5 Å². The van der Waals surface area contributed by atoms with Crippen molar-refractivity contribution in [3.05, 3.63) is 66.0 Å². The van der Waals surface area contributed by atoms with Crippen molar-refractivity contribution >= 4 is 16.7 Å². The molecule has 0 fully saturated rings. The molecular weight excluding hydrogens is 371 g/mol. The van der Waals surface area contributed by atoms with E-state index in [9.17, 15) is 18.3 Å². The van der Waals surface area contributed by atoms with Gasteiger partial charge in [0.05, 0.1) is 24.8 Å². The Morgan fingerprint density at radius 1 is 1.00 bits per heavy atom. The molecule has 1 atom stereocenters. The molecule has 0 bridgehead atoms. The maximum absolute atomic E-state index is 13.0. The van der Waals surface area contributed by atoms with Gasteiger partial charge in [0.15, 0.2) is 0 Å². The standard InChI is InChI=1S/C20H20F3N3O2/c21-20(22,23)19-25-17-9-5-4-8-16(17)18(26-19)24-11-10-15(27)13-28-12-14-6-2-1-3-7-14/h1-9,15,27H,10-13H2,(H,24,25,26)/t15-/m0/s1. The van der Waals surface area contributed by atoms with E-state index in [1.54, 1.807) is 18.2 Å². The van der Waals surface area contributed by atoms with Gasteiger partial charge in [0.25, 0.3) is 0 Å². The minimum absolute atomic E-state index is 0.0929. The highest BCUT2D eigenvalue weighted by molar-refractivity contribution is 5.89. The van der Waals surface area contributed by atoms with Gasteiger partial charge in [-0.3, -0.25) is 0 Å². The molecule has 3 aromatic rings. The van der Waals surface area contributed by atoms with Gasteiger partial charge in [0.2, 0.25) is 5.82 Å². The van der Waals surface area contributed by atoms with Crippen LogP contribution in [0.3, 0.4) is 0 Å². The van der Waals surface area contributed by atoms with Crippen LogP contribution in [0, 0.1) is 0 Å². The first-order valence-electron chi connectivity index (χ1n) is 8.81. The van der Waals surface area contributed by atoms with Crippen LogP contribution in [-0.2, 0) is 17.5 Å². The largest absolute Gasteiger partial charge is 0.451 e. The molecule has 0 aliphatic heterocycles. The molecule has 28 heavy (non-hydrogen) atoms. The van der Waals surface area contributed by atoms with Crippen LogP contribution in [0.15, 0.2) is 54.6 Å². The molecule has 1 aromatic heterocycles. The van der Waals surface area contributed by atoms with Gasteiger partial charge >= 0.3 is 6.18 Å². The number of alkyl halides is 3. The second kappa shape index (κ2) is 8.99. The quantitative estimate of drug-likeness (QED) is 0.607. The van der Waals surface area contributed by atoms with Gasteiger partial charge in [0.1, 0.15) is 5.82 Å². The normalized spacial score (nSPS) is 12.9. The highest BCUT2D eigenvalue weighted by Crippen LogP contribution is 2.30. The molecule has 0 aliphatic carbocycles. The summed E-state index contributed by atoms with van der Waals surface area (Å²) >= 11 is 0. The minimum Gasteiger partial charge on any atom is -0.391 e. The summed E-state index contributed by atoms with van der Waals surface area (Å²) in [6, 6.07) is 16.0. The van der Waals surface area contributed by atoms with E-state index in [1.807, 2.05) is 30.3 Å². The van der Waals surface area contributed by atoms with E-state index in [1.165, 1.54) is 6.07 Å². The smallest absolute Gasteiger partial charge is 0.391 e. The Morgan fingerprint density at radius 3 is 2.46 bits per heavy atom. The van der Waals surface area contributed by atoms with Gasteiger partial charge < -0.3 is 15.2 Å². The summed E-state index contributed by atoms with van der Waals surface area (Å²) in [6.45, 7) is 0.764. The lowest BCUT2D eigenvalue weighted by molar-refractivity contribution is -0.144. The van der Waals surface area contributed by atoms with E-state index < -0.39 is 18.1 Å². The maximum atomic E-state index is 13.0. The van der Waals surface area contributed by atoms with Crippen molar-refractivity contribution in [2.45, 2.75) is 25.3 Å². The van der Waals surface area contributed by atoms with Crippen molar-refractivity contribution in [1.29, 1.82) is 0 Å². The summed E-state index contributed by atoms with van der Waals surface area (Å²) in [5.74, 6) is -1.10. The molecular formula is C20H20F3N3O2. The second-order valence-corrected chi connectivity index (χ2v) is 6.28. The van der Waals surface area contributed by atoms with E-state index in [0.29, 0.717) is 18.4 Å². The summed E-state index contributed by atoms with van der Waals surface area (Å²) in [5, 5.41) is 13.4. The van der Waals surface area contributed by atoms with Gasteiger partial charge in [-0.05, 0) is 24.1 Å². The topological polar surface area (TPSA) is 67.3 Å². The fourth-order valence-electron chi connectivity index (χ4n) is 2.67. The number of anilines is 1. The molecule has 0 amide bonds. The average molecular weight is 391 g/mol. The molecule has 148 valence electrons. The maximum Gasteiger partial charge on any atom is 0.451 e. The number of hydrogen-bond acceptors (Lipinski definition) is 5. The molecule has 8 heteroatoms. The molecule has 3 rings (SSSR count). The fourth-order valence-corrected chi connectivity index (χ4v) is 2.67. The Labute approximate surface area is 160 Å². The van der Waals surface area contributed by atoms with E-state index in [0.717, 1.165) is 5.56 Å². The van der Waals surface area contributed by atoms with Crippen LogP contribution in [0.4, 0.5) is 19.0 Å². The fraction of sp³-hybridized carbons (Fsp3) is 0.300. The third kappa shape index (κ3) is 5.40. The molecule has 5 nitrogen and oxygen atoms in total. The van der Waals surface area contributed by atoms with Gasteiger partial charge in [-0.2, -0.15) is 13.2 Å². The van der Waals surface area contributed by atoms with E-state index in [4.69, 9.17) is 4.74 Å². The second-order valence-electron chi connectivity index (χ2n) is 6.28. The zero-order valence-electron chi connectivity index (χ0n) is 15.0. The highest BCUT2D eigenvalue weighted by atomic mass is 19.4. The minimum atomic E-state index is -4.63. The number of fused-ring (bicyclic) bond motifs is 1. The third-order valence-corrected chi connectivity index (χ3v) is 4.05. The molecule has 0 saturated carbocycles. The zero-order valence-corrected chi connectivity index (χ0v) is 15.0. The third-order valence-electron chi connectivity index (χ3n) is 4.05. The Hall–Kier alpha value is -2.71. The predicted octanol–water partition coefficient (Wildman–Crippen LogP) is 4.03. The summed E-state index contributed by atoms with van der Waals surface area (Å²) in [6.07, 6.45) is -5.08. The van der Waals surface area contributed by atoms with Crippen LogP contribution in [0.25, 0.3) is 10.9 Å². The van der Waals surface area contributed by atoms with Gasteiger partial charge in [-0.1, -0.05) is 42.5 Å². The van der Waals surface area contributed by atoms with Crippen LogP contribution in [0.1, 0.15) is 17.8 Å². The lowest BCUT2D eigenvalue weighted by atomic mass is 10.2. The first-order valence-corrected chi connectivity index (χ1v) is 8.81. The SMILES string of the molecule is O[C@@H](CCNc1nc(C(F)(F)F)nc2ccccc12)COCc1ccccc1. The first-order chi connectivity index (χ1) is 13.4. The average Bonchev–Trinajstić information content (AvgIpc) is 2.68. The number of nitrogens with one attached hydrogen (secondary N) is 1. The first kappa shape index (κ1) is 20.0. The number of ether oxygens (including phenoxy) is 1. The summed E-state index contributed by atoms with van der Waals surface area (Å²) in [7, 11) is 0. The van der Waals surface area contributed by atoms with Gasteiger partial charge in [-0.25, -0.2) is 9.97 Å². The number of aromatic nitrogens is 2. The molecule has 2 aromatic carbocycles. The summed E-state index contributed by atoms with van der Waals surface area (Å²) in [4.78, 5) is 7.18. The highest BCUT2D eigenvalue weighted by Gasteiger charge is 2.35. The van der Waals surface area contributed by atoms with Crippen LogP contribution in [0.5, 0.6) is 0 Å². The van der Waals surface area contributed by atoms with Crippen LogP contribution >= 0.6 is 0 Å². The van der Waals surface area contributed by atoms with Crippen LogP contribution in [0.2, 0.25) is 0 Å².